The summed E-state index contributed by atoms with van der Waals surface area (Å²) in [7, 11) is -1.60. The van der Waals surface area contributed by atoms with Gasteiger partial charge in [0.1, 0.15) is 0 Å². The Morgan fingerprint density at radius 3 is 2.50 bits per heavy atom. The van der Waals surface area contributed by atoms with Crippen molar-refractivity contribution in [2.24, 2.45) is 0 Å². The number of halogens is 1. The van der Waals surface area contributed by atoms with Gasteiger partial charge in [0.25, 0.3) is 0 Å². The van der Waals surface area contributed by atoms with Crippen LogP contribution in [0.3, 0.4) is 0 Å². The van der Waals surface area contributed by atoms with Gasteiger partial charge in [-0.15, -0.1) is 0 Å². The number of rotatable bonds is 4. The first-order valence-electron chi connectivity index (χ1n) is 7.33. The van der Waals surface area contributed by atoms with Gasteiger partial charge >= 0.3 is 0 Å². The van der Waals surface area contributed by atoms with Crippen LogP contribution < -0.4 is 0 Å². The molecule has 1 aliphatic rings. The summed E-state index contributed by atoms with van der Waals surface area (Å²) in [6.07, 6.45) is 0. The molecule has 20 heavy (non-hydrogen) atoms. The maximum atomic E-state index is 6.27. The average molecular weight is 356 g/mol. The van der Waals surface area contributed by atoms with Crippen LogP contribution in [0.5, 0.6) is 0 Å². The first kappa shape index (κ1) is 16.2. The lowest BCUT2D eigenvalue weighted by molar-refractivity contribution is 0.200. The molecule has 4 heteroatoms. The molecule has 112 valence electrons. The lowest BCUT2D eigenvalue weighted by Gasteiger charge is -2.36. The van der Waals surface area contributed by atoms with E-state index in [1.165, 1.54) is 15.6 Å². The van der Waals surface area contributed by atoms with E-state index >= 15 is 0 Å². The van der Waals surface area contributed by atoms with E-state index in [4.69, 9.17) is 4.43 Å². The molecule has 0 N–H and O–H groups in total. The Labute approximate surface area is 132 Å². The molecule has 1 aromatic carbocycles. The van der Waals surface area contributed by atoms with Gasteiger partial charge in [-0.3, -0.25) is 4.90 Å². The first-order valence-corrected chi connectivity index (χ1v) is 11.0. The third-order valence-corrected chi connectivity index (χ3v) is 9.66. The van der Waals surface area contributed by atoms with Gasteiger partial charge in [0, 0.05) is 30.7 Å². The van der Waals surface area contributed by atoms with Gasteiger partial charge < -0.3 is 4.43 Å². The monoisotopic (exact) mass is 355 g/mol. The van der Waals surface area contributed by atoms with Crippen LogP contribution in [0.15, 0.2) is 22.7 Å². The molecule has 0 spiro atoms. The largest absolute Gasteiger partial charge is 0.416 e. The van der Waals surface area contributed by atoms with Crippen molar-refractivity contribution in [3.63, 3.8) is 0 Å². The third kappa shape index (κ3) is 3.73. The molecule has 0 atom stereocenters. The number of hydrogen-bond acceptors (Lipinski definition) is 2. The summed E-state index contributed by atoms with van der Waals surface area (Å²) in [5, 5.41) is 0.297. The fourth-order valence-electron chi connectivity index (χ4n) is 2.24. The van der Waals surface area contributed by atoms with Crippen LogP contribution in [-0.4, -0.2) is 26.4 Å². The van der Waals surface area contributed by atoms with Crippen molar-refractivity contribution in [2.75, 3.05) is 13.2 Å². The molecule has 0 unspecified atom stereocenters. The number of benzene rings is 1. The van der Waals surface area contributed by atoms with E-state index < -0.39 is 8.32 Å². The fraction of sp³-hybridized carbons (Fsp3) is 0.625. The van der Waals surface area contributed by atoms with Crippen molar-refractivity contribution >= 4 is 24.2 Å². The van der Waals surface area contributed by atoms with E-state index in [9.17, 15) is 0 Å². The summed E-state index contributed by atoms with van der Waals surface area (Å²) in [6, 6.07) is 6.60. The second-order valence-corrected chi connectivity index (χ2v) is 13.0. The second-order valence-electron chi connectivity index (χ2n) is 7.23. The maximum absolute atomic E-state index is 6.27. The highest BCUT2D eigenvalue weighted by Crippen LogP contribution is 2.36. The standard InChI is InChI=1S/C16H26BrNOSi/c1-16(2,3)20(4,5)19-9-8-18-11-13-6-7-15(17)10-14(13)12-18/h6-7,10H,8-9,11-12H2,1-5H3. The summed E-state index contributed by atoms with van der Waals surface area (Å²) >= 11 is 3.55. The van der Waals surface area contributed by atoms with Crippen LogP contribution in [0, 0.1) is 0 Å². The number of fused-ring (bicyclic) bond motifs is 1. The minimum Gasteiger partial charge on any atom is -0.416 e. The zero-order valence-electron chi connectivity index (χ0n) is 13.3. The van der Waals surface area contributed by atoms with Crippen LogP contribution in [0.1, 0.15) is 31.9 Å². The van der Waals surface area contributed by atoms with Crippen molar-refractivity contribution < 1.29 is 4.43 Å². The number of nitrogens with zero attached hydrogens (tertiary/aromatic N) is 1. The Balaban J connectivity index is 1.83. The molecule has 1 aromatic rings. The molecule has 1 heterocycles. The molecule has 0 radical (unpaired) electrons. The van der Waals surface area contributed by atoms with Gasteiger partial charge in [0.05, 0.1) is 0 Å². The molecule has 0 fully saturated rings. The minimum absolute atomic E-state index is 0.297. The fourth-order valence-corrected chi connectivity index (χ4v) is 3.68. The van der Waals surface area contributed by atoms with Crippen LogP contribution >= 0.6 is 15.9 Å². The molecule has 0 amide bonds. The average Bonchev–Trinajstić information content (AvgIpc) is 2.68. The molecule has 0 saturated carbocycles. The predicted molar refractivity (Wildman–Crippen MR) is 91.4 cm³/mol. The summed E-state index contributed by atoms with van der Waals surface area (Å²) in [5.41, 5.74) is 2.91. The maximum Gasteiger partial charge on any atom is 0.192 e. The van der Waals surface area contributed by atoms with Crippen LogP contribution in [0.25, 0.3) is 0 Å². The smallest absolute Gasteiger partial charge is 0.192 e. The highest BCUT2D eigenvalue weighted by atomic mass is 79.9. The lowest BCUT2D eigenvalue weighted by Crippen LogP contribution is -2.42. The van der Waals surface area contributed by atoms with Crippen LogP contribution in [-0.2, 0) is 17.5 Å². The van der Waals surface area contributed by atoms with Gasteiger partial charge in [-0.2, -0.15) is 0 Å². The molecular formula is C16H26BrNOSi. The Hall–Kier alpha value is -0.163. The molecule has 2 nitrogen and oxygen atoms in total. The molecule has 0 aliphatic carbocycles. The SMILES string of the molecule is CC(C)(C)[Si](C)(C)OCCN1Cc2ccc(Br)cc2C1. The van der Waals surface area contributed by atoms with Crippen molar-refractivity contribution in [1.29, 1.82) is 0 Å². The van der Waals surface area contributed by atoms with Crippen molar-refractivity contribution in [2.45, 2.75) is 52.0 Å². The topological polar surface area (TPSA) is 12.5 Å². The quantitative estimate of drug-likeness (QED) is 0.720. The normalized spacial score (nSPS) is 16.5. The second kappa shape index (κ2) is 5.91. The van der Waals surface area contributed by atoms with Gasteiger partial charge in [0.15, 0.2) is 8.32 Å². The predicted octanol–water partition coefficient (Wildman–Crippen LogP) is 4.79. The molecule has 0 bridgehead atoms. The van der Waals surface area contributed by atoms with E-state index in [1.54, 1.807) is 0 Å². The van der Waals surface area contributed by atoms with E-state index in [1.807, 2.05) is 0 Å². The van der Waals surface area contributed by atoms with Gasteiger partial charge in [0.2, 0.25) is 0 Å². The molecule has 2 rings (SSSR count). The molecule has 0 saturated heterocycles. The zero-order valence-corrected chi connectivity index (χ0v) is 15.9. The van der Waals surface area contributed by atoms with E-state index in [2.05, 4.69) is 72.9 Å². The van der Waals surface area contributed by atoms with Gasteiger partial charge in [-0.25, -0.2) is 0 Å². The summed E-state index contributed by atoms with van der Waals surface area (Å²) < 4.78 is 7.44. The summed E-state index contributed by atoms with van der Waals surface area (Å²) in [6.45, 7) is 15.5. The Bertz CT molecular complexity index is 482. The van der Waals surface area contributed by atoms with Crippen molar-refractivity contribution in [3.8, 4) is 0 Å². The molecule has 0 aromatic heterocycles. The lowest BCUT2D eigenvalue weighted by atomic mass is 10.1. The Morgan fingerprint density at radius 2 is 1.85 bits per heavy atom. The Kier molecular flexibility index (Phi) is 4.79. The van der Waals surface area contributed by atoms with Crippen LogP contribution in [0.4, 0.5) is 0 Å². The summed E-state index contributed by atoms with van der Waals surface area (Å²) in [5.74, 6) is 0. The highest BCUT2D eigenvalue weighted by Gasteiger charge is 2.37. The van der Waals surface area contributed by atoms with E-state index in [0.29, 0.717) is 5.04 Å². The van der Waals surface area contributed by atoms with Gasteiger partial charge in [-0.05, 0) is 41.4 Å². The minimum atomic E-state index is -1.60. The first-order chi connectivity index (χ1) is 9.19. The zero-order chi connectivity index (χ0) is 15.0. The van der Waals surface area contributed by atoms with E-state index in [-0.39, 0.29) is 0 Å². The summed E-state index contributed by atoms with van der Waals surface area (Å²) in [4.78, 5) is 2.48. The third-order valence-electron chi connectivity index (χ3n) is 4.63. The highest BCUT2D eigenvalue weighted by molar-refractivity contribution is 9.10. The van der Waals surface area contributed by atoms with Gasteiger partial charge in [-0.1, -0.05) is 42.8 Å². The number of hydrogen-bond donors (Lipinski definition) is 0. The van der Waals surface area contributed by atoms with Crippen molar-refractivity contribution in [1.82, 2.24) is 4.90 Å². The molecular weight excluding hydrogens is 330 g/mol. The van der Waals surface area contributed by atoms with E-state index in [0.717, 1.165) is 26.2 Å². The van der Waals surface area contributed by atoms with Crippen LogP contribution in [0.2, 0.25) is 18.1 Å². The molecule has 1 aliphatic heterocycles. The van der Waals surface area contributed by atoms with Crippen molar-refractivity contribution in [3.05, 3.63) is 33.8 Å². The Morgan fingerprint density at radius 1 is 1.20 bits per heavy atom.